The summed E-state index contributed by atoms with van der Waals surface area (Å²) in [5.74, 6) is 0.0870. The largest absolute Gasteiger partial charge is 0.383 e. The molecule has 2 aromatic carbocycles. The summed E-state index contributed by atoms with van der Waals surface area (Å²) in [6.07, 6.45) is 4.27. The second-order valence-corrected chi connectivity index (χ2v) is 9.48. The molecule has 1 amide bonds. The van der Waals surface area contributed by atoms with Crippen molar-refractivity contribution in [2.75, 3.05) is 42.9 Å². The summed E-state index contributed by atoms with van der Waals surface area (Å²) < 4.78 is 15.4. The van der Waals surface area contributed by atoms with Crippen molar-refractivity contribution in [1.82, 2.24) is 14.9 Å². The van der Waals surface area contributed by atoms with Gasteiger partial charge in [0.05, 0.1) is 21.2 Å². The van der Waals surface area contributed by atoms with Gasteiger partial charge in [-0.25, -0.2) is 14.4 Å². The molecule has 2 aliphatic heterocycles. The van der Waals surface area contributed by atoms with Crippen LogP contribution in [0.2, 0.25) is 15.1 Å². The summed E-state index contributed by atoms with van der Waals surface area (Å²) >= 11 is 19.4. The molecule has 2 aliphatic rings. The SMILES string of the molecule is C=CC(=O)N1CCN(c2ncnc3c4c(c(Cl)cc23)-c2c(F)c(Cl)cc(Cl)c2NCCC4)CC1. The molecule has 0 atom stereocenters. The fraction of sp³-hybridized carbons (Fsp3) is 0.292. The second kappa shape index (κ2) is 9.21. The highest BCUT2D eigenvalue weighted by Crippen LogP contribution is 2.47. The number of halogens is 4. The number of carbonyl (C=O) groups excluding carboxylic acids is 1. The van der Waals surface area contributed by atoms with Crippen LogP contribution in [0.1, 0.15) is 12.0 Å². The van der Waals surface area contributed by atoms with Crippen molar-refractivity contribution in [2.45, 2.75) is 12.8 Å². The van der Waals surface area contributed by atoms with Crippen LogP contribution in [0.5, 0.6) is 0 Å². The van der Waals surface area contributed by atoms with Crippen molar-refractivity contribution < 1.29 is 9.18 Å². The standard InChI is InChI=1S/C24H21Cl3FN5O/c1-2-18(34)32-6-8-33(9-7-32)24-14-10-15(25)19-13(22(14)30-12-31-24)4-3-5-29-23-17(27)11-16(26)21(28)20(19)23/h2,10-12,29H,1,3-9H2. The summed E-state index contributed by atoms with van der Waals surface area (Å²) in [6, 6.07) is 3.18. The van der Waals surface area contributed by atoms with Crippen molar-refractivity contribution in [3.05, 3.63) is 57.6 Å². The lowest BCUT2D eigenvalue weighted by atomic mass is 9.91. The van der Waals surface area contributed by atoms with Gasteiger partial charge in [0.25, 0.3) is 0 Å². The highest BCUT2D eigenvalue weighted by Gasteiger charge is 2.28. The smallest absolute Gasteiger partial charge is 0.246 e. The maximum atomic E-state index is 15.4. The molecule has 176 valence electrons. The van der Waals surface area contributed by atoms with E-state index in [0.717, 1.165) is 28.7 Å². The summed E-state index contributed by atoms with van der Waals surface area (Å²) in [5.41, 5.74) is 2.84. The molecule has 10 heteroatoms. The molecule has 0 unspecified atom stereocenters. The lowest BCUT2D eigenvalue weighted by Crippen LogP contribution is -2.48. The molecular weight excluding hydrogens is 500 g/mol. The van der Waals surface area contributed by atoms with Gasteiger partial charge in [0.15, 0.2) is 5.82 Å². The number of nitrogens with zero attached hydrogens (tertiary/aromatic N) is 4. The Labute approximate surface area is 211 Å². The molecule has 1 saturated heterocycles. The number of rotatable bonds is 2. The summed E-state index contributed by atoms with van der Waals surface area (Å²) in [5, 5.41) is 4.66. The first kappa shape index (κ1) is 23.1. The minimum absolute atomic E-state index is 0.0662. The van der Waals surface area contributed by atoms with Crippen LogP contribution in [0.15, 0.2) is 31.1 Å². The lowest BCUT2D eigenvalue weighted by molar-refractivity contribution is -0.126. The first-order valence-electron chi connectivity index (χ1n) is 10.9. The van der Waals surface area contributed by atoms with E-state index in [-0.39, 0.29) is 16.5 Å². The number of hydrogen-bond acceptors (Lipinski definition) is 5. The Morgan fingerprint density at radius 3 is 2.56 bits per heavy atom. The normalized spacial score (nSPS) is 15.8. The first-order valence-corrected chi connectivity index (χ1v) is 12.1. The minimum atomic E-state index is -0.574. The predicted octanol–water partition coefficient (Wildman–Crippen LogP) is 5.59. The molecule has 0 bridgehead atoms. The fourth-order valence-electron chi connectivity index (χ4n) is 4.74. The number of piperazine rings is 1. The van der Waals surface area contributed by atoms with Crippen LogP contribution in [0, 0.1) is 5.82 Å². The van der Waals surface area contributed by atoms with Crippen LogP contribution >= 0.6 is 34.8 Å². The monoisotopic (exact) mass is 519 g/mol. The van der Waals surface area contributed by atoms with Gasteiger partial charge < -0.3 is 15.1 Å². The summed E-state index contributed by atoms with van der Waals surface area (Å²) in [7, 11) is 0. The third-order valence-electron chi connectivity index (χ3n) is 6.35. The van der Waals surface area contributed by atoms with Gasteiger partial charge in [-0.3, -0.25) is 4.79 Å². The van der Waals surface area contributed by atoms with E-state index >= 15 is 4.39 Å². The topological polar surface area (TPSA) is 61.4 Å². The molecule has 5 rings (SSSR count). The molecule has 0 saturated carbocycles. The Bertz CT molecular complexity index is 1320. The number of amides is 1. The van der Waals surface area contributed by atoms with Gasteiger partial charge in [-0.05, 0) is 36.6 Å². The number of aryl methyl sites for hydroxylation is 1. The quantitative estimate of drug-likeness (QED) is 0.353. The molecule has 1 aromatic heterocycles. The van der Waals surface area contributed by atoms with Crippen molar-refractivity contribution in [3.63, 3.8) is 0 Å². The van der Waals surface area contributed by atoms with Gasteiger partial charge in [-0.2, -0.15) is 0 Å². The van der Waals surface area contributed by atoms with Gasteiger partial charge in [0, 0.05) is 54.3 Å². The van der Waals surface area contributed by atoms with Crippen LogP contribution in [-0.2, 0) is 11.2 Å². The number of anilines is 2. The maximum Gasteiger partial charge on any atom is 0.246 e. The highest BCUT2D eigenvalue weighted by atomic mass is 35.5. The Hall–Kier alpha value is -2.61. The van der Waals surface area contributed by atoms with E-state index in [0.29, 0.717) is 60.4 Å². The van der Waals surface area contributed by atoms with Crippen LogP contribution in [0.25, 0.3) is 22.0 Å². The number of nitrogens with one attached hydrogen (secondary N) is 1. The van der Waals surface area contributed by atoms with E-state index in [2.05, 4.69) is 26.8 Å². The number of hydrogen-bond donors (Lipinski definition) is 1. The molecule has 1 N–H and O–H groups in total. The Balaban J connectivity index is 1.67. The number of carbonyl (C=O) groups is 1. The van der Waals surface area contributed by atoms with Crippen LogP contribution in [-0.4, -0.2) is 53.5 Å². The molecule has 3 aromatic rings. The van der Waals surface area contributed by atoms with Gasteiger partial charge in [-0.15, -0.1) is 0 Å². The summed E-state index contributed by atoms with van der Waals surface area (Å²) in [4.78, 5) is 25.0. The second-order valence-electron chi connectivity index (χ2n) is 8.26. The van der Waals surface area contributed by atoms with Gasteiger partial charge in [0.1, 0.15) is 12.1 Å². The zero-order valence-electron chi connectivity index (χ0n) is 18.2. The average molecular weight is 521 g/mol. The van der Waals surface area contributed by atoms with E-state index in [9.17, 15) is 4.79 Å². The van der Waals surface area contributed by atoms with Crippen molar-refractivity contribution in [2.24, 2.45) is 0 Å². The summed E-state index contributed by atoms with van der Waals surface area (Å²) in [6.45, 7) is 6.54. The Kier molecular flexibility index (Phi) is 6.27. The van der Waals surface area contributed by atoms with Crippen molar-refractivity contribution in [1.29, 1.82) is 0 Å². The minimum Gasteiger partial charge on any atom is -0.383 e. The maximum absolute atomic E-state index is 15.4. The molecule has 1 fully saturated rings. The Morgan fingerprint density at radius 2 is 1.82 bits per heavy atom. The van der Waals surface area contributed by atoms with Gasteiger partial charge in [-0.1, -0.05) is 41.4 Å². The predicted molar refractivity (Wildman–Crippen MR) is 136 cm³/mol. The molecule has 6 nitrogen and oxygen atoms in total. The third kappa shape index (κ3) is 3.85. The number of fused-ring (bicyclic) bond motifs is 5. The molecule has 0 spiro atoms. The van der Waals surface area contributed by atoms with Gasteiger partial charge >= 0.3 is 0 Å². The first-order chi connectivity index (χ1) is 16.4. The zero-order valence-corrected chi connectivity index (χ0v) is 20.4. The van der Waals surface area contributed by atoms with E-state index in [1.807, 2.05) is 0 Å². The van der Waals surface area contributed by atoms with Crippen LogP contribution in [0.3, 0.4) is 0 Å². The highest BCUT2D eigenvalue weighted by molar-refractivity contribution is 6.39. The Morgan fingerprint density at radius 1 is 1.06 bits per heavy atom. The van der Waals surface area contributed by atoms with Crippen LogP contribution in [0.4, 0.5) is 15.9 Å². The molecule has 0 radical (unpaired) electrons. The lowest BCUT2D eigenvalue weighted by Gasteiger charge is -2.35. The molecule has 3 heterocycles. The third-order valence-corrected chi connectivity index (χ3v) is 7.22. The number of benzene rings is 2. The molecule has 34 heavy (non-hydrogen) atoms. The van der Waals surface area contributed by atoms with E-state index < -0.39 is 5.82 Å². The fourth-order valence-corrected chi connectivity index (χ4v) is 5.58. The average Bonchev–Trinajstić information content (AvgIpc) is 2.82. The van der Waals surface area contributed by atoms with Crippen molar-refractivity contribution in [3.8, 4) is 11.1 Å². The van der Waals surface area contributed by atoms with Crippen LogP contribution < -0.4 is 10.2 Å². The zero-order chi connectivity index (χ0) is 24.0. The van der Waals surface area contributed by atoms with E-state index in [4.69, 9.17) is 34.8 Å². The van der Waals surface area contributed by atoms with Gasteiger partial charge in [0.2, 0.25) is 5.91 Å². The van der Waals surface area contributed by atoms with E-state index in [1.165, 1.54) is 18.5 Å². The van der Waals surface area contributed by atoms with E-state index in [1.54, 1.807) is 11.0 Å². The number of aromatic nitrogens is 2. The van der Waals surface area contributed by atoms with Crippen molar-refractivity contribution >= 4 is 63.1 Å². The molecular formula is C24H21Cl3FN5O. The molecule has 0 aliphatic carbocycles.